The molecule has 4 aromatic rings. The van der Waals surface area contributed by atoms with E-state index >= 15 is 0 Å². The Morgan fingerprint density at radius 3 is 2.48 bits per heavy atom. The number of aryl methyl sites for hydroxylation is 1. The molecular formula is C30H31N5O4S. The van der Waals surface area contributed by atoms with Crippen LogP contribution in [-0.4, -0.2) is 42.6 Å². The van der Waals surface area contributed by atoms with Gasteiger partial charge >= 0.3 is 0 Å². The summed E-state index contributed by atoms with van der Waals surface area (Å²) < 4.78 is 28.1. The number of sulfonamides is 1. The van der Waals surface area contributed by atoms with Crippen molar-refractivity contribution in [3.8, 4) is 22.4 Å². The molecule has 1 fully saturated rings. The molecule has 0 aliphatic carbocycles. The largest absolute Gasteiger partial charge is 0.366 e. The number of hydrogen-bond donors (Lipinski definition) is 4. The molecule has 206 valence electrons. The number of primary amides is 1. The molecule has 0 spiro atoms. The van der Waals surface area contributed by atoms with Crippen molar-refractivity contribution in [1.29, 1.82) is 0 Å². The predicted octanol–water partition coefficient (Wildman–Crippen LogP) is 4.28. The van der Waals surface area contributed by atoms with Gasteiger partial charge in [-0.25, -0.2) is 8.42 Å². The molecule has 0 radical (unpaired) electrons. The Labute approximate surface area is 232 Å². The van der Waals surface area contributed by atoms with E-state index in [0.29, 0.717) is 52.1 Å². The summed E-state index contributed by atoms with van der Waals surface area (Å²) in [4.78, 5) is 28.0. The van der Waals surface area contributed by atoms with E-state index in [1.165, 1.54) is 10.4 Å². The molecule has 1 saturated heterocycles. The van der Waals surface area contributed by atoms with Crippen molar-refractivity contribution >= 4 is 38.4 Å². The normalized spacial score (nSPS) is 13.9. The van der Waals surface area contributed by atoms with Gasteiger partial charge in [0.1, 0.15) is 0 Å². The molecule has 5 rings (SSSR count). The third-order valence-electron chi connectivity index (χ3n) is 7.37. The average molecular weight is 558 g/mol. The molecule has 2 heterocycles. The minimum absolute atomic E-state index is 0.148. The van der Waals surface area contributed by atoms with Gasteiger partial charge in [-0.1, -0.05) is 30.8 Å². The molecule has 1 aliphatic heterocycles. The minimum atomic E-state index is -3.62. The van der Waals surface area contributed by atoms with Crippen LogP contribution >= 0.6 is 0 Å². The second kappa shape index (κ2) is 10.7. The lowest BCUT2D eigenvalue weighted by molar-refractivity contribution is -0.111. The number of nitrogens with two attached hydrogens (primary N) is 2. The van der Waals surface area contributed by atoms with Crippen molar-refractivity contribution < 1.29 is 18.0 Å². The first-order chi connectivity index (χ1) is 19.1. The summed E-state index contributed by atoms with van der Waals surface area (Å²) in [5.74, 6) is -0.956. The number of hydrogen-bond acceptors (Lipinski definition) is 5. The lowest BCUT2D eigenvalue weighted by Crippen LogP contribution is -2.27. The van der Waals surface area contributed by atoms with E-state index in [1.54, 1.807) is 36.4 Å². The predicted molar refractivity (Wildman–Crippen MR) is 157 cm³/mol. The monoisotopic (exact) mass is 557 g/mol. The molecular weight excluding hydrogens is 526 g/mol. The highest BCUT2D eigenvalue weighted by atomic mass is 32.2. The topological polar surface area (TPSA) is 151 Å². The lowest BCUT2D eigenvalue weighted by atomic mass is 9.93. The lowest BCUT2D eigenvalue weighted by Gasteiger charge is -2.16. The first-order valence-corrected chi connectivity index (χ1v) is 14.4. The van der Waals surface area contributed by atoms with Crippen molar-refractivity contribution in [1.82, 2.24) is 9.29 Å². The molecule has 1 aliphatic rings. The Morgan fingerprint density at radius 2 is 1.80 bits per heavy atom. The molecule has 0 atom stereocenters. The maximum atomic E-state index is 13.3. The average Bonchev–Trinajstić information content (AvgIpc) is 3.64. The van der Waals surface area contributed by atoms with Gasteiger partial charge in [-0.05, 0) is 78.4 Å². The van der Waals surface area contributed by atoms with Gasteiger partial charge in [0.05, 0.1) is 16.0 Å². The highest BCUT2D eigenvalue weighted by Crippen LogP contribution is 2.38. The fourth-order valence-corrected chi connectivity index (χ4v) is 6.84. The Kier molecular flexibility index (Phi) is 7.33. The van der Waals surface area contributed by atoms with E-state index in [1.807, 2.05) is 25.1 Å². The van der Waals surface area contributed by atoms with Crippen molar-refractivity contribution in [2.75, 3.05) is 18.4 Å². The number of aromatic nitrogens is 1. The van der Waals surface area contributed by atoms with Crippen LogP contribution in [0, 0.1) is 6.92 Å². The molecule has 0 bridgehead atoms. The quantitative estimate of drug-likeness (QED) is 0.238. The first-order valence-electron chi connectivity index (χ1n) is 13.0. The smallest absolute Gasteiger partial charge is 0.250 e. The van der Waals surface area contributed by atoms with Crippen LogP contribution in [0.15, 0.2) is 72.1 Å². The van der Waals surface area contributed by atoms with Crippen LogP contribution in [0.3, 0.4) is 0 Å². The van der Waals surface area contributed by atoms with Crippen LogP contribution in [0.5, 0.6) is 0 Å². The van der Waals surface area contributed by atoms with Crippen LogP contribution in [0.1, 0.15) is 34.3 Å². The van der Waals surface area contributed by atoms with Gasteiger partial charge < -0.3 is 21.8 Å². The summed E-state index contributed by atoms with van der Waals surface area (Å²) in [5, 5.41) is 3.51. The molecule has 3 aromatic carbocycles. The van der Waals surface area contributed by atoms with Crippen molar-refractivity contribution in [3.05, 3.63) is 83.9 Å². The summed E-state index contributed by atoms with van der Waals surface area (Å²) in [6.07, 6.45) is 2.88. The SMILES string of the molecule is C=CC(=O)Nc1cccc(-c2ccc(C(N)=O)c3[nH]c(-c4cc(S(=O)(=O)N5CCCC5)ccc4C)cc23)c1CN. The van der Waals surface area contributed by atoms with Crippen LogP contribution < -0.4 is 16.8 Å². The van der Waals surface area contributed by atoms with Crippen molar-refractivity contribution in [2.24, 2.45) is 11.5 Å². The molecule has 2 amide bonds. The molecule has 6 N–H and O–H groups in total. The van der Waals surface area contributed by atoms with Gasteiger partial charge in [0, 0.05) is 42.0 Å². The number of nitrogens with one attached hydrogen (secondary N) is 2. The maximum absolute atomic E-state index is 13.3. The van der Waals surface area contributed by atoms with Crippen molar-refractivity contribution in [2.45, 2.75) is 31.2 Å². The second-order valence-corrected chi connectivity index (χ2v) is 11.8. The van der Waals surface area contributed by atoms with Gasteiger partial charge in [-0.3, -0.25) is 9.59 Å². The highest BCUT2D eigenvalue weighted by molar-refractivity contribution is 7.89. The standard InChI is InChI=1S/C30H31N5O4S/c1-3-28(36)33-26-8-6-7-20(25(26)17-31)21-11-12-22(30(32)37)29-24(21)16-27(34-29)23-15-19(10-9-18(23)2)40(38,39)35-13-4-5-14-35/h3,6-12,15-16,34H,1,4-5,13-14,17,31H2,2H3,(H2,32,37)(H,33,36). The number of carbonyl (C=O) groups is 2. The zero-order valence-electron chi connectivity index (χ0n) is 22.2. The fourth-order valence-electron chi connectivity index (χ4n) is 5.29. The van der Waals surface area contributed by atoms with Gasteiger partial charge in [0.2, 0.25) is 15.9 Å². The van der Waals surface area contributed by atoms with Crippen LogP contribution in [0.25, 0.3) is 33.3 Å². The summed E-state index contributed by atoms with van der Waals surface area (Å²) in [7, 11) is -3.62. The van der Waals surface area contributed by atoms with Crippen LogP contribution in [0.2, 0.25) is 0 Å². The molecule has 0 unspecified atom stereocenters. The summed E-state index contributed by atoms with van der Waals surface area (Å²) >= 11 is 0. The van der Waals surface area contributed by atoms with Crippen LogP contribution in [0.4, 0.5) is 5.69 Å². The molecule has 1 aromatic heterocycles. The van der Waals surface area contributed by atoms with E-state index in [9.17, 15) is 18.0 Å². The first kappa shape index (κ1) is 27.3. The summed E-state index contributed by atoms with van der Waals surface area (Å²) in [5.41, 5.74) is 17.7. The highest BCUT2D eigenvalue weighted by Gasteiger charge is 2.28. The zero-order valence-corrected chi connectivity index (χ0v) is 23.0. The summed E-state index contributed by atoms with van der Waals surface area (Å²) in [6.45, 7) is 6.59. The molecule has 10 heteroatoms. The third kappa shape index (κ3) is 4.81. The number of amides is 2. The minimum Gasteiger partial charge on any atom is -0.366 e. The van der Waals surface area contributed by atoms with Crippen molar-refractivity contribution in [3.63, 3.8) is 0 Å². The van der Waals surface area contributed by atoms with E-state index in [-0.39, 0.29) is 17.3 Å². The van der Waals surface area contributed by atoms with Gasteiger partial charge in [-0.15, -0.1) is 0 Å². The van der Waals surface area contributed by atoms with E-state index in [2.05, 4.69) is 16.9 Å². The Hall–Kier alpha value is -4.25. The number of nitrogens with zero attached hydrogens (tertiary/aromatic N) is 1. The number of fused-ring (bicyclic) bond motifs is 1. The Morgan fingerprint density at radius 1 is 1.05 bits per heavy atom. The number of H-pyrrole nitrogens is 1. The van der Waals surface area contributed by atoms with Gasteiger partial charge in [-0.2, -0.15) is 4.31 Å². The number of rotatable bonds is 8. The maximum Gasteiger partial charge on any atom is 0.250 e. The number of carbonyl (C=O) groups excluding carboxylic acids is 2. The van der Waals surface area contributed by atoms with Gasteiger partial charge in [0.15, 0.2) is 0 Å². The zero-order chi connectivity index (χ0) is 28.6. The molecule has 0 saturated carbocycles. The van der Waals surface area contributed by atoms with Gasteiger partial charge in [0.25, 0.3) is 5.91 Å². The number of benzene rings is 3. The van der Waals surface area contributed by atoms with E-state index in [4.69, 9.17) is 11.5 Å². The fraction of sp³-hybridized carbons (Fsp3) is 0.200. The summed E-state index contributed by atoms with van der Waals surface area (Å²) in [6, 6.07) is 15.9. The third-order valence-corrected chi connectivity index (χ3v) is 9.27. The van der Waals surface area contributed by atoms with E-state index < -0.39 is 15.9 Å². The number of anilines is 1. The number of aromatic amines is 1. The molecule has 9 nitrogen and oxygen atoms in total. The molecule has 40 heavy (non-hydrogen) atoms. The Balaban J connectivity index is 1.70. The second-order valence-electron chi connectivity index (χ2n) is 9.81. The van der Waals surface area contributed by atoms with Crippen LogP contribution in [-0.2, 0) is 21.4 Å². The Bertz CT molecular complexity index is 1770. The van der Waals surface area contributed by atoms with E-state index in [0.717, 1.165) is 29.5 Å².